The van der Waals surface area contributed by atoms with Crippen molar-refractivity contribution in [3.63, 3.8) is 0 Å². The second kappa shape index (κ2) is 10.3. The van der Waals surface area contributed by atoms with E-state index >= 15 is 0 Å². The van der Waals surface area contributed by atoms with E-state index in [1.165, 1.54) is 23.9 Å². The molecule has 0 aliphatic rings. The Kier molecular flexibility index (Phi) is 8.11. The fourth-order valence-electron chi connectivity index (χ4n) is 1.90. The van der Waals surface area contributed by atoms with E-state index in [1.807, 2.05) is 0 Å². The number of carbonyl (C=O) groups is 2. The van der Waals surface area contributed by atoms with Crippen LogP contribution in [0.3, 0.4) is 0 Å². The van der Waals surface area contributed by atoms with Gasteiger partial charge in [-0.25, -0.2) is 13.1 Å². The lowest BCUT2D eigenvalue weighted by Gasteiger charge is -2.09. The topological polar surface area (TPSA) is 104 Å². The highest BCUT2D eigenvalue weighted by atomic mass is 35.5. The zero-order valence-corrected chi connectivity index (χ0v) is 16.5. The third-order valence-electron chi connectivity index (χ3n) is 3.22. The van der Waals surface area contributed by atoms with Gasteiger partial charge in [-0.3, -0.25) is 20.4 Å². The smallest absolute Gasteiger partial charge is 0.248 e. The summed E-state index contributed by atoms with van der Waals surface area (Å²) < 4.78 is 26.3. The van der Waals surface area contributed by atoms with Crippen LogP contribution in [0, 0.1) is 0 Å². The first-order valence-corrected chi connectivity index (χ1v) is 10.7. The lowest BCUT2D eigenvalue weighted by atomic mass is 10.4. The minimum Gasteiger partial charge on any atom is -0.273 e. The van der Waals surface area contributed by atoms with Crippen molar-refractivity contribution in [1.29, 1.82) is 0 Å². The second-order valence-electron chi connectivity index (χ2n) is 5.30. The van der Waals surface area contributed by atoms with E-state index in [0.717, 1.165) is 4.90 Å². The first-order valence-electron chi connectivity index (χ1n) is 7.87. The molecule has 144 valence electrons. The quantitative estimate of drug-likeness (QED) is 0.441. The predicted molar refractivity (Wildman–Crippen MR) is 105 cm³/mol. The van der Waals surface area contributed by atoms with Crippen molar-refractivity contribution in [2.75, 3.05) is 12.3 Å². The Balaban J connectivity index is 1.65. The van der Waals surface area contributed by atoms with Crippen molar-refractivity contribution in [1.82, 2.24) is 15.6 Å². The standard InChI is InChI=1S/C17H18ClN3O4S2/c18-13-6-8-14(9-7-13)26-12-17(23)21-20-16(22)10-11-19-27(24,25)15-4-2-1-3-5-15/h1-9,19H,10-12H2,(H,20,22)(H,21,23). The van der Waals surface area contributed by atoms with E-state index in [1.54, 1.807) is 42.5 Å². The fourth-order valence-corrected chi connectivity index (χ4v) is 3.78. The van der Waals surface area contributed by atoms with Gasteiger partial charge in [0.1, 0.15) is 0 Å². The van der Waals surface area contributed by atoms with Gasteiger partial charge in [0.15, 0.2) is 0 Å². The Morgan fingerprint density at radius 3 is 2.22 bits per heavy atom. The largest absolute Gasteiger partial charge is 0.273 e. The molecule has 0 saturated carbocycles. The molecule has 0 bridgehead atoms. The highest BCUT2D eigenvalue weighted by Crippen LogP contribution is 2.19. The lowest BCUT2D eigenvalue weighted by molar-refractivity contribution is -0.127. The number of sulfonamides is 1. The van der Waals surface area contributed by atoms with Gasteiger partial charge in [0.05, 0.1) is 10.6 Å². The van der Waals surface area contributed by atoms with Crippen LogP contribution in [0.1, 0.15) is 6.42 Å². The van der Waals surface area contributed by atoms with E-state index in [0.29, 0.717) is 5.02 Å². The Morgan fingerprint density at radius 2 is 1.56 bits per heavy atom. The molecule has 0 unspecified atom stereocenters. The van der Waals surface area contributed by atoms with Gasteiger partial charge in [-0.05, 0) is 36.4 Å². The average molecular weight is 428 g/mol. The van der Waals surface area contributed by atoms with Crippen molar-refractivity contribution >= 4 is 45.2 Å². The van der Waals surface area contributed by atoms with E-state index < -0.39 is 15.9 Å². The molecule has 10 heteroatoms. The summed E-state index contributed by atoms with van der Waals surface area (Å²) in [5.74, 6) is -0.772. The summed E-state index contributed by atoms with van der Waals surface area (Å²) in [5, 5.41) is 0.610. The zero-order chi connectivity index (χ0) is 19.7. The van der Waals surface area contributed by atoms with Crippen LogP contribution in [-0.4, -0.2) is 32.5 Å². The van der Waals surface area contributed by atoms with E-state index in [-0.39, 0.29) is 29.5 Å². The Bertz CT molecular complexity index is 875. The molecule has 7 nitrogen and oxygen atoms in total. The SMILES string of the molecule is O=C(CCNS(=O)(=O)c1ccccc1)NNC(=O)CSc1ccc(Cl)cc1. The highest BCUT2D eigenvalue weighted by molar-refractivity contribution is 8.00. The number of carbonyl (C=O) groups excluding carboxylic acids is 2. The molecule has 0 atom stereocenters. The van der Waals surface area contributed by atoms with Crippen LogP contribution >= 0.6 is 23.4 Å². The van der Waals surface area contributed by atoms with Gasteiger partial charge in [0, 0.05) is 22.9 Å². The summed E-state index contributed by atoms with van der Waals surface area (Å²) >= 11 is 7.08. The molecule has 27 heavy (non-hydrogen) atoms. The number of halogens is 1. The van der Waals surface area contributed by atoms with E-state index in [4.69, 9.17) is 11.6 Å². The average Bonchev–Trinajstić information content (AvgIpc) is 2.66. The van der Waals surface area contributed by atoms with E-state index in [2.05, 4.69) is 15.6 Å². The summed E-state index contributed by atoms with van der Waals surface area (Å²) in [7, 11) is -3.66. The molecular weight excluding hydrogens is 410 g/mol. The second-order valence-corrected chi connectivity index (χ2v) is 8.55. The first-order chi connectivity index (χ1) is 12.9. The molecule has 2 rings (SSSR count). The molecule has 0 aliphatic heterocycles. The molecule has 0 fully saturated rings. The maximum Gasteiger partial charge on any atom is 0.248 e. The molecule has 0 heterocycles. The van der Waals surface area contributed by atoms with E-state index in [9.17, 15) is 18.0 Å². The van der Waals surface area contributed by atoms with Crippen LogP contribution in [0.2, 0.25) is 5.02 Å². The number of nitrogens with one attached hydrogen (secondary N) is 3. The van der Waals surface area contributed by atoms with Gasteiger partial charge in [-0.15, -0.1) is 11.8 Å². The molecule has 0 saturated heterocycles. The van der Waals surface area contributed by atoms with Gasteiger partial charge in [-0.1, -0.05) is 29.8 Å². The van der Waals surface area contributed by atoms with Crippen molar-refractivity contribution in [2.45, 2.75) is 16.2 Å². The van der Waals surface area contributed by atoms with Crippen LogP contribution in [-0.2, 0) is 19.6 Å². The molecule has 2 amide bonds. The molecule has 0 aromatic heterocycles. The maximum absolute atomic E-state index is 12.0. The number of hydrogen-bond acceptors (Lipinski definition) is 5. The minimum absolute atomic E-state index is 0.0849. The third-order valence-corrected chi connectivity index (χ3v) is 5.96. The van der Waals surface area contributed by atoms with Crippen molar-refractivity contribution < 1.29 is 18.0 Å². The molecule has 2 aromatic rings. The number of hydrogen-bond donors (Lipinski definition) is 3. The molecule has 3 N–H and O–H groups in total. The summed E-state index contributed by atoms with van der Waals surface area (Å²) in [6, 6.07) is 14.9. The number of hydrazine groups is 1. The Hall–Kier alpha value is -2.07. The number of thioether (sulfide) groups is 1. The van der Waals surface area contributed by atoms with Crippen LogP contribution < -0.4 is 15.6 Å². The molecule has 0 spiro atoms. The van der Waals surface area contributed by atoms with Crippen molar-refractivity contribution in [3.8, 4) is 0 Å². The van der Waals surface area contributed by atoms with Crippen LogP contribution in [0.25, 0.3) is 0 Å². The van der Waals surface area contributed by atoms with Crippen LogP contribution in [0.15, 0.2) is 64.4 Å². The van der Waals surface area contributed by atoms with Gasteiger partial charge in [-0.2, -0.15) is 0 Å². The Labute approximate surface area is 166 Å². The lowest BCUT2D eigenvalue weighted by Crippen LogP contribution is -2.43. The van der Waals surface area contributed by atoms with Gasteiger partial charge < -0.3 is 0 Å². The first kappa shape index (κ1) is 21.2. The Morgan fingerprint density at radius 1 is 0.926 bits per heavy atom. The molecule has 0 radical (unpaired) electrons. The normalized spacial score (nSPS) is 11.0. The summed E-state index contributed by atoms with van der Waals surface area (Å²) in [4.78, 5) is 24.4. The van der Waals surface area contributed by atoms with Gasteiger partial charge >= 0.3 is 0 Å². The molecule has 2 aromatic carbocycles. The molecule has 0 aliphatic carbocycles. The number of amides is 2. The van der Waals surface area contributed by atoms with Crippen LogP contribution in [0.5, 0.6) is 0 Å². The van der Waals surface area contributed by atoms with Crippen LogP contribution in [0.4, 0.5) is 0 Å². The highest BCUT2D eigenvalue weighted by Gasteiger charge is 2.13. The number of benzene rings is 2. The molecular formula is C17H18ClN3O4S2. The minimum atomic E-state index is -3.66. The summed E-state index contributed by atoms with van der Waals surface area (Å²) in [5.41, 5.74) is 4.53. The monoisotopic (exact) mass is 427 g/mol. The van der Waals surface area contributed by atoms with Gasteiger partial charge in [0.25, 0.3) is 0 Å². The maximum atomic E-state index is 12.0. The predicted octanol–water partition coefficient (Wildman–Crippen LogP) is 1.95. The summed E-state index contributed by atoms with van der Waals surface area (Å²) in [6.45, 7) is -0.0849. The zero-order valence-electron chi connectivity index (χ0n) is 14.1. The van der Waals surface area contributed by atoms with Crippen molar-refractivity contribution in [2.24, 2.45) is 0 Å². The fraction of sp³-hybridized carbons (Fsp3) is 0.176. The number of rotatable bonds is 8. The summed E-state index contributed by atoms with van der Waals surface area (Å²) in [6.07, 6.45) is -0.114. The van der Waals surface area contributed by atoms with Gasteiger partial charge in [0.2, 0.25) is 21.8 Å². The van der Waals surface area contributed by atoms with Crippen molar-refractivity contribution in [3.05, 3.63) is 59.6 Å². The third kappa shape index (κ3) is 7.59.